The minimum atomic E-state index is -0.298. The highest BCUT2D eigenvalue weighted by Gasteiger charge is 2.28. The van der Waals surface area contributed by atoms with Crippen molar-refractivity contribution >= 4 is 5.91 Å². The normalized spacial score (nSPS) is 13.6. The van der Waals surface area contributed by atoms with Crippen LogP contribution in [0.2, 0.25) is 0 Å². The summed E-state index contributed by atoms with van der Waals surface area (Å²) in [7, 11) is 0. The summed E-state index contributed by atoms with van der Waals surface area (Å²) in [5.41, 5.74) is 4.27. The zero-order valence-electron chi connectivity index (χ0n) is 13.8. The Hall–Kier alpha value is -2.95. The van der Waals surface area contributed by atoms with Gasteiger partial charge in [-0.1, -0.05) is 22.9 Å². The molecule has 2 aromatic carbocycles. The zero-order chi connectivity index (χ0) is 17.4. The van der Waals surface area contributed by atoms with Gasteiger partial charge in [0.05, 0.1) is 12.2 Å². The number of amides is 1. The second kappa shape index (κ2) is 6.16. The van der Waals surface area contributed by atoms with E-state index in [4.69, 9.17) is 4.52 Å². The van der Waals surface area contributed by atoms with Gasteiger partial charge in [0.2, 0.25) is 0 Å². The van der Waals surface area contributed by atoms with Crippen LogP contribution < -0.4 is 0 Å². The second-order valence-electron chi connectivity index (χ2n) is 6.29. The predicted octanol–water partition coefficient (Wildman–Crippen LogP) is 3.99. The van der Waals surface area contributed by atoms with Gasteiger partial charge in [-0.05, 0) is 43.3 Å². The molecule has 2 heterocycles. The molecule has 0 spiro atoms. The molecule has 0 fully saturated rings. The molecule has 0 bridgehead atoms. The molecule has 0 radical (unpaired) electrons. The van der Waals surface area contributed by atoms with Gasteiger partial charge >= 0.3 is 0 Å². The SMILES string of the molecule is Cc1cccc(C(=O)N2CCc3noc(-c4ccc(F)cc4)c3C2)c1. The quantitative estimate of drug-likeness (QED) is 0.711. The number of hydrogen-bond acceptors (Lipinski definition) is 3. The first-order chi connectivity index (χ1) is 12.1. The molecule has 0 unspecified atom stereocenters. The smallest absolute Gasteiger partial charge is 0.254 e. The number of benzene rings is 2. The summed E-state index contributed by atoms with van der Waals surface area (Å²) in [5, 5.41) is 4.13. The van der Waals surface area contributed by atoms with Gasteiger partial charge in [0.1, 0.15) is 5.82 Å². The number of aryl methyl sites for hydroxylation is 1. The third-order valence-electron chi connectivity index (χ3n) is 4.50. The van der Waals surface area contributed by atoms with Crippen LogP contribution in [0.3, 0.4) is 0 Å². The van der Waals surface area contributed by atoms with Crippen molar-refractivity contribution in [3.8, 4) is 11.3 Å². The first-order valence-electron chi connectivity index (χ1n) is 8.21. The van der Waals surface area contributed by atoms with E-state index in [9.17, 15) is 9.18 Å². The van der Waals surface area contributed by atoms with Crippen LogP contribution in [-0.4, -0.2) is 22.5 Å². The standard InChI is InChI=1S/C20H17FN2O2/c1-13-3-2-4-15(11-13)20(24)23-10-9-18-17(12-23)19(25-22-18)14-5-7-16(21)8-6-14/h2-8,11H,9-10,12H2,1H3. The summed E-state index contributed by atoms with van der Waals surface area (Å²) in [6.07, 6.45) is 0.650. The van der Waals surface area contributed by atoms with E-state index in [2.05, 4.69) is 5.16 Å². The fourth-order valence-corrected chi connectivity index (χ4v) is 3.17. The number of aromatic nitrogens is 1. The molecule has 4 nitrogen and oxygen atoms in total. The van der Waals surface area contributed by atoms with Crippen molar-refractivity contribution in [1.29, 1.82) is 0 Å². The van der Waals surface area contributed by atoms with Gasteiger partial charge in [0.15, 0.2) is 5.76 Å². The Morgan fingerprint density at radius 3 is 2.76 bits per heavy atom. The summed E-state index contributed by atoms with van der Waals surface area (Å²) >= 11 is 0. The van der Waals surface area contributed by atoms with E-state index < -0.39 is 0 Å². The topological polar surface area (TPSA) is 46.3 Å². The van der Waals surface area contributed by atoms with E-state index in [1.165, 1.54) is 12.1 Å². The molecule has 126 valence electrons. The van der Waals surface area contributed by atoms with Crippen LogP contribution >= 0.6 is 0 Å². The molecule has 25 heavy (non-hydrogen) atoms. The van der Waals surface area contributed by atoms with Gasteiger partial charge in [0, 0.05) is 29.7 Å². The number of rotatable bonds is 2. The summed E-state index contributed by atoms with van der Waals surface area (Å²) in [5.74, 6) is 0.311. The van der Waals surface area contributed by atoms with Gasteiger partial charge in [0.25, 0.3) is 5.91 Å². The average Bonchev–Trinajstić information content (AvgIpc) is 3.05. The molecule has 1 amide bonds. The van der Waals surface area contributed by atoms with Crippen molar-refractivity contribution in [3.63, 3.8) is 0 Å². The first kappa shape index (κ1) is 15.6. The number of hydrogen-bond donors (Lipinski definition) is 0. The van der Waals surface area contributed by atoms with Crippen LogP contribution in [0, 0.1) is 12.7 Å². The van der Waals surface area contributed by atoms with Crippen molar-refractivity contribution in [3.05, 3.63) is 76.7 Å². The van der Waals surface area contributed by atoms with Crippen LogP contribution in [-0.2, 0) is 13.0 Å². The van der Waals surface area contributed by atoms with Gasteiger partial charge in [-0.15, -0.1) is 0 Å². The molecular formula is C20H17FN2O2. The fourth-order valence-electron chi connectivity index (χ4n) is 3.17. The lowest BCUT2D eigenvalue weighted by Gasteiger charge is -2.26. The van der Waals surface area contributed by atoms with Crippen LogP contribution in [0.15, 0.2) is 53.1 Å². The highest BCUT2D eigenvalue weighted by Crippen LogP contribution is 2.31. The highest BCUT2D eigenvalue weighted by atomic mass is 19.1. The maximum Gasteiger partial charge on any atom is 0.254 e. The third kappa shape index (κ3) is 2.93. The van der Waals surface area contributed by atoms with Crippen molar-refractivity contribution < 1.29 is 13.7 Å². The number of carbonyl (C=O) groups is 1. The Balaban J connectivity index is 1.63. The maximum absolute atomic E-state index is 13.2. The van der Waals surface area contributed by atoms with E-state index in [0.717, 1.165) is 22.4 Å². The molecule has 3 aromatic rings. The minimum absolute atomic E-state index is 0.000561. The van der Waals surface area contributed by atoms with E-state index in [1.807, 2.05) is 31.2 Å². The van der Waals surface area contributed by atoms with Gasteiger partial charge < -0.3 is 9.42 Å². The minimum Gasteiger partial charge on any atom is -0.356 e. The number of fused-ring (bicyclic) bond motifs is 1. The fraction of sp³-hybridized carbons (Fsp3) is 0.200. The summed E-state index contributed by atoms with van der Waals surface area (Å²) in [6, 6.07) is 13.7. The molecule has 1 aliphatic heterocycles. The molecule has 4 rings (SSSR count). The van der Waals surface area contributed by atoms with Crippen LogP contribution in [0.25, 0.3) is 11.3 Å². The first-order valence-corrected chi connectivity index (χ1v) is 8.21. The monoisotopic (exact) mass is 336 g/mol. The Morgan fingerprint density at radius 1 is 1.20 bits per heavy atom. The van der Waals surface area contributed by atoms with Gasteiger partial charge in [-0.2, -0.15) is 0 Å². The summed E-state index contributed by atoms with van der Waals surface area (Å²) < 4.78 is 18.6. The Kier molecular flexibility index (Phi) is 3.84. The lowest BCUT2D eigenvalue weighted by atomic mass is 10.0. The van der Waals surface area contributed by atoms with Crippen LogP contribution in [0.1, 0.15) is 27.2 Å². The molecule has 0 N–H and O–H groups in total. The van der Waals surface area contributed by atoms with Crippen LogP contribution in [0.5, 0.6) is 0 Å². The van der Waals surface area contributed by atoms with Gasteiger partial charge in [-0.25, -0.2) is 4.39 Å². The summed E-state index contributed by atoms with van der Waals surface area (Å²) in [6.45, 7) is 3.02. The number of carbonyl (C=O) groups excluding carboxylic acids is 1. The van der Waals surface area contributed by atoms with E-state index in [0.29, 0.717) is 30.8 Å². The molecule has 0 saturated carbocycles. The Bertz CT molecular complexity index is 931. The van der Waals surface area contributed by atoms with E-state index in [1.54, 1.807) is 17.0 Å². The predicted molar refractivity (Wildman–Crippen MR) is 91.5 cm³/mol. The molecule has 5 heteroatoms. The summed E-state index contributed by atoms with van der Waals surface area (Å²) in [4.78, 5) is 14.6. The zero-order valence-corrected chi connectivity index (χ0v) is 13.8. The van der Waals surface area contributed by atoms with E-state index in [-0.39, 0.29) is 11.7 Å². The lowest BCUT2D eigenvalue weighted by molar-refractivity contribution is 0.0734. The lowest BCUT2D eigenvalue weighted by Crippen LogP contribution is -2.35. The number of halogens is 1. The van der Waals surface area contributed by atoms with Gasteiger partial charge in [-0.3, -0.25) is 4.79 Å². The molecule has 0 saturated heterocycles. The van der Waals surface area contributed by atoms with Crippen molar-refractivity contribution in [2.24, 2.45) is 0 Å². The van der Waals surface area contributed by atoms with Crippen molar-refractivity contribution in [1.82, 2.24) is 10.1 Å². The van der Waals surface area contributed by atoms with Crippen molar-refractivity contribution in [2.75, 3.05) is 6.54 Å². The molecule has 1 aliphatic rings. The highest BCUT2D eigenvalue weighted by molar-refractivity contribution is 5.94. The maximum atomic E-state index is 13.2. The average molecular weight is 336 g/mol. The second-order valence-corrected chi connectivity index (χ2v) is 6.29. The number of nitrogens with zero attached hydrogens (tertiary/aromatic N) is 2. The largest absolute Gasteiger partial charge is 0.356 e. The third-order valence-corrected chi connectivity index (χ3v) is 4.50. The van der Waals surface area contributed by atoms with E-state index >= 15 is 0 Å². The molecule has 1 aromatic heterocycles. The Morgan fingerprint density at radius 2 is 2.00 bits per heavy atom. The van der Waals surface area contributed by atoms with Crippen LogP contribution in [0.4, 0.5) is 4.39 Å². The Labute approximate surface area is 144 Å². The van der Waals surface area contributed by atoms with Crippen molar-refractivity contribution in [2.45, 2.75) is 19.9 Å². The molecule has 0 aliphatic carbocycles. The molecular weight excluding hydrogens is 319 g/mol. The molecule has 0 atom stereocenters.